The quantitative estimate of drug-likeness (QED) is 0.186. The van der Waals surface area contributed by atoms with Gasteiger partial charge in [0.05, 0.1) is 0 Å². The Kier molecular flexibility index (Phi) is 14.0. The van der Waals surface area contributed by atoms with Crippen molar-refractivity contribution in [3.8, 4) is 0 Å². The molecule has 0 spiro atoms. The number of carboxylic acid groups (broad SMARTS) is 1. The minimum Gasteiger partial charge on any atom is -0.477 e. The van der Waals surface area contributed by atoms with Crippen molar-refractivity contribution in [3.63, 3.8) is 0 Å². The Labute approximate surface area is 165 Å². The lowest BCUT2D eigenvalue weighted by Crippen LogP contribution is -2.13. The number of carboxylic acids is 1. The van der Waals surface area contributed by atoms with E-state index in [1.807, 2.05) is 30.3 Å². The zero-order chi connectivity index (χ0) is 19.6. The van der Waals surface area contributed by atoms with Gasteiger partial charge in [0.2, 0.25) is 0 Å². The smallest absolute Gasteiger partial charge is 0.353 e. The van der Waals surface area contributed by atoms with Crippen LogP contribution in [-0.2, 0) is 16.2 Å². The largest absolute Gasteiger partial charge is 0.477 e. The van der Waals surface area contributed by atoms with E-state index in [4.69, 9.17) is 4.84 Å². The Bertz CT molecular complexity index is 514. The maximum absolute atomic E-state index is 11.3. The third kappa shape index (κ3) is 13.0. The van der Waals surface area contributed by atoms with Crippen molar-refractivity contribution in [3.05, 3.63) is 35.9 Å². The van der Waals surface area contributed by atoms with Gasteiger partial charge in [-0.25, -0.2) is 4.79 Å². The highest BCUT2D eigenvalue weighted by molar-refractivity contribution is 6.35. The van der Waals surface area contributed by atoms with E-state index < -0.39 is 5.97 Å². The summed E-state index contributed by atoms with van der Waals surface area (Å²) >= 11 is 0. The molecule has 0 bridgehead atoms. The molecule has 27 heavy (non-hydrogen) atoms. The monoisotopic (exact) mass is 375 g/mol. The zero-order valence-electron chi connectivity index (χ0n) is 17.0. The molecule has 4 nitrogen and oxygen atoms in total. The first-order chi connectivity index (χ1) is 13.2. The Morgan fingerprint density at radius 3 is 1.89 bits per heavy atom. The fourth-order valence-electron chi connectivity index (χ4n) is 3.08. The molecule has 0 unspecified atom stereocenters. The second kappa shape index (κ2) is 16.3. The lowest BCUT2D eigenvalue weighted by Gasteiger charge is -2.04. The van der Waals surface area contributed by atoms with Crippen LogP contribution in [0.4, 0.5) is 0 Å². The predicted molar refractivity (Wildman–Crippen MR) is 112 cm³/mol. The highest BCUT2D eigenvalue weighted by Crippen LogP contribution is 2.13. The van der Waals surface area contributed by atoms with Crippen LogP contribution in [0.2, 0.25) is 0 Å². The maximum atomic E-state index is 11.3. The van der Waals surface area contributed by atoms with E-state index in [2.05, 4.69) is 12.1 Å². The summed E-state index contributed by atoms with van der Waals surface area (Å²) < 4.78 is 0. The van der Waals surface area contributed by atoms with Gasteiger partial charge in [-0.1, -0.05) is 113 Å². The molecular formula is C23H37NO3. The van der Waals surface area contributed by atoms with Gasteiger partial charge in [-0.05, 0) is 12.0 Å². The Morgan fingerprint density at radius 1 is 0.852 bits per heavy atom. The fraction of sp³-hybridized carbons (Fsp3) is 0.652. The van der Waals surface area contributed by atoms with Crippen molar-refractivity contribution in [2.75, 3.05) is 0 Å². The molecule has 0 aliphatic carbocycles. The van der Waals surface area contributed by atoms with Gasteiger partial charge in [0.15, 0.2) is 5.71 Å². The van der Waals surface area contributed by atoms with Crippen LogP contribution in [0.5, 0.6) is 0 Å². The number of hydrogen-bond donors (Lipinski definition) is 1. The van der Waals surface area contributed by atoms with Gasteiger partial charge in [-0.15, -0.1) is 0 Å². The van der Waals surface area contributed by atoms with Crippen molar-refractivity contribution in [1.82, 2.24) is 0 Å². The second-order valence-corrected chi connectivity index (χ2v) is 7.24. The van der Waals surface area contributed by atoms with Crippen molar-refractivity contribution in [1.29, 1.82) is 0 Å². The molecule has 0 amide bonds. The van der Waals surface area contributed by atoms with Gasteiger partial charge in [0, 0.05) is 6.42 Å². The van der Waals surface area contributed by atoms with Crippen LogP contribution in [0.25, 0.3) is 0 Å². The van der Waals surface area contributed by atoms with Crippen LogP contribution in [0.15, 0.2) is 35.5 Å². The van der Waals surface area contributed by atoms with E-state index in [1.165, 1.54) is 64.2 Å². The van der Waals surface area contributed by atoms with Crippen LogP contribution < -0.4 is 0 Å². The molecule has 0 saturated carbocycles. The fourth-order valence-corrected chi connectivity index (χ4v) is 3.08. The Hall–Kier alpha value is -1.84. The minimum atomic E-state index is -0.980. The van der Waals surface area contributed by atoms with Gasteiger partial charge < -0.3 is 9.94 Å². The summed E-state index contributed by atoms with van der Waals surface area (Å²) in [4.78, 5) is 16.5. The predicted octanol–water partition coefficient (Wildman–Crippen LogP) is 6.74. The number of carbonyl (C=O) groups is 1. The van der Waals surface area contributed by atoms with Crippen molar-refractivity contribution in [2.45, 2.75) is 97.0 Å². The van der Waals surface area contributed by atoms with Gasteiger partial charge >= 0.3 is 5.97 Å². The summed E-state index contributed by atoms with van der Waals surface area (Å²) in [5, 5.41) is 13.1. The molecule has 1 aromatic rings. The van der Waals surface area contributed by atoms with Crippen LogP contribution in [0.1, 0.15) is 96.0 Å². The molecule has 0 fully saturated rings. The SMILES string of the molecule is CCCCCCCCCCCCCCC(=NOCc1ccccc1)C(=O)O. The molecule has 1 aromatic carbocycles. The average molecular weight is 376 g/mol. The zero-order valence-corrected chi connectivity index (χ0v) is 17.0. The summed E-state index contributed by atoms with van der Waals surface area (Å²) in [7, 11) is 0. The van der Waals surface area contributed by atoms with Crippen LogP contribution in [0.3, 0.4) is 0 Å². The van der Waals surface area contributed by atoms with Crippen molar-refractivity contribution in [2.24, 2.45) is 5.16 Å². The highest BCUT2D eigenvalue weighted by Gasteiger charge is 2.10. The Morgan fingerprint density at radius 2 is 1.37 bits per heavy atom. The molecular weight excluding hydrogens is 338 g/mol. The van der Waals surface area contributed by atoms with Crippen molar-refractivity contribution < 1.29 is 14.7 Å². The first-order valence-electron chi connectivity index (χ1n) is 10.7. The van der Waals surface area contributed by atoms with Gasteiger partial charge in [0.25, 0.3) is 0 Å². The third-order valence-electron chi connectivity index (χ3n) is 4.76. The molecule has 0 saturated heterocycles. The van der Waals surface area contributed by atoms with E-state index in [1.54, 1.807) is 0 Å². The number of benzene rings is 1. The van der Waals surface area contributed by atoms with Gasteiger partial charge in [-0.3, -0.25) is 0 Å². The average Bonchev–Trinajstić information content (AvgIpc) is 2.68. The maximum Gasteiger partial charge on any atom is 0.353 e. The first-order valence-corrected chi connectivity index (χ1v) is 10.7. The van der Waals surface area contributed by atoms with Crippen LogP contribution in [-0.4, -0.2) is 16.8 Å². The highest BCUT2D eigenvalue weighted by atomic mass is 16.6. The number of aliphatic carboxylic acids is 1. The molecule has 0 aromatic heterocycles. The van der Waals surface area contributed by atoms with Crippen molar-refractivity contribution >= 4 is 11.7 Å². The van der Waals surface area contributed by atoms with E-state index in [0.717, 1.165) is 18.4 Å². The number of hydrogen-bond acceptors (Lipinski definition) is 3. The molecule has 1 rings (SSSR count). The summed E-state index contributed by atoms with van der Waals surface area (Å²) in [5.74, 6) is -0.980. The van der Waals surface area contributed by atoms with Crippen LogP contribution >= 0.6 is 0 Å². The molecule has 0 atom stereocenters. The van der Waals surface area contributed by atoms with E-state index in [0.29, 0.717) is 13.0 Å². The minimum absolute atomic E-state index is 0.123. The standard InChI is InChI=1S/C23H37NO3/c1-2-3-4-5-6-7-8-9-10-11-12-16-19-22(23(25)26)24-27-20-21-17-14-13-15-18-21/h13-15,17-18H,2-12,16,19-20H2,1H3,(H,25,26). The first kappa shape index (κ1) is 23.2. The molecule has 0 radical (unpaired) electrons. The molecule has 1 N–H and O–H groups in total. The normalized spacial score (nSPS) is 11.5. The molecule has 0 aliphatic heterocycles. The summed E-state index contributed by atoms with van der Waals surface area (Å²) in [6.07, 6.45) is 15.6. The van der Waals surface area contributed by atoms with Gasteiger partial charge in [0.1, 0.15) is 6.61 Å². The summed E-state index contributed by atoms with van der Waals surface area (Å²) in [6.45, 7) is 2.55. The summed E-state index contributed by atoms with van der Waals surface area (Å²) in [5.41, 5.74) is 1.11. The molecule has 0 aliphatic rings. The third-order valence-corrected chi connectivity index (χ3v) is 4.76. The van der Waals surface area contributed by atoms with E-state index in [-0.39, 0.29) is 5.71 Å². The number of nitrogens with zero attached hydrogens (tertiary/aromatic N) is 1. The van der Waals surface area contributed by atoms with Gasteiger partial charge in [-0.2, -0.15) is 0 Å². The lowest BCUT2D eigenvalue weighted by atomic mass is 10.0. The number of oxime groups is 1. The molecule has 4 heteroatoms. The number of unbranched alkanes of at least 4 members (excludes halogenated alkanes) is 11. The number of rotatable bonds is 17. The molecule has 0 heterocycles. The topological polar surface area (TPSA) is 58.9 Å². The van der Waals surface area contributed by atoms with E-state index >= 15 is 0 Å². The second-order valence-electron chi connectivity index (χ2n) is 7.24. The summed E-state index contributed by atoms with van der Waals surface area (Å²) in [6, 6.07) is 9.64. The lowest BCUT2D eigenvalue weighted by molar-refractivity contribution is -0.129. The van der Waals surface area contributed by atoms with E-state index in [9.17, 15) is 9.90 Å². The Balaban J connectivity index is 2.03. The molecule has 152 valence electrons. The van der Waals surface area contributed by atoms with Crippen LogP contribution in [0, 0.1) is 0 Å².